The molecule has 0 bridgehead atoms. The van der Waals surface area contributed by atoms with Gasteiger partial charge in [0.2, 0.25) is 0 Å². The largest absolute Gasteiger partial charge is 0.293 e. The van der Waals surface area contributed by atoms with Crippen LogP contribution in [-0.2, 0) is 0 Å². The van der Waals surface area contributed by atoms with Gasteiger partial charge in [0.1, 0.15) is 0 Å². The van der Waals surface area contributed by atoms with Crippen molar-refractivity contribution in [1.29, 1.82) is 5.41 Å². The van der Waals surface area contributed by atoms with Crippen molar-refractivity contribution < 1.29 is 0 Å². The van der Waals surface area contributed by atoms with E-state index in [9.17, 15) is 0 Å². The average molecular weight is 282 g/mol. The van der Waals surface area contributed by atoms with Crippen molar-refractivity contribution in [3.05, 3.63) is 46.9 Å². The van der Waals surface area contributed by atoms with Crippen LogP contribution in [0.15, 0.2) is 35.7 Å². The fourth-order valence-corrected chi connectivity index (χ4v) is 1.45. The molecule has 0 aliphatic rings. The van der Waals surface area contributed by atoms with E-state index in [1.807, 2.05) is 91.1 Å². The lowest BCUT2D eigenvalue weighted by atomic mass is 10.2. The molecule has 2 heteroatoms. The molecule has 0 amide bonds. The van der Waals surface area contributed by atoms with Crippen LogP contribution >= 0.6 is 11.8 Å². The Hall–Kier alpha value is -1.02. The standard InChI is InChI=1S/C11H13NS.3C2H6/c1-3-8-13-11(12)10-6-4-9(2)5-7-10;3*1-2/h3-8,12H,1-2H3;3*1-2H3/b8-3-,12-11?;;;. The van der Waals surface area contributed by atoms with Gasteiger partial charge >= 0.3 is 0 Å². The van der Waals surface area contributed by atoms with Crippen LogP contribution < -0.4 is 0 Å². The molecular weight excluding hydrogens is 250 g/mol. The third-order valence-corrected chi connectivity index (χ3v) is 2.52. The Labute approximate surface area is 125 Å². The van der Waals surface area contributed by atoms with Crippen molar-refractivity contribution in [3.63, 3.8) is 0 Å². The topological polar surface area (TPSA) is 23.9 Å². The van der Waals surface area contributed by atoms with E-state index in [0.717, 1.165) is 5.56 Å². The summed E-state index contributed by atoms with van der Waals surface area (Å²) in [6.45, 7) is 16.0. The fourth-order valence-electron chi connectivity index (χ4n) is 0.909. The molecule has 1 aromatic carbocycles. The minimum Gasteiger partial charge on any atom is -0.293 e. The van der Waals surface area contributed by atoms with E-state index >= 15 is 0 Å². The van der Waals surface area contributed by atoms with Crippen LogP contribution in [0.2, 0.25) is 0 Å². The molecule has 0 fully saturated rings. The van der Waals surface area contributed by atoms with Gasteiger partial charge < -0.3 is 0 Å². The maximum Gasteiger partial charge on any atom is 0.0984 e. The molecule has 0 aliphatic carbocycles. The van der Waals surface area contributed by atoms with Gasteiger partial charge in [-0.1, -0.05) is 89.2 Å². The number of hydrogen-bond acceptors (Lipinski definition) is 2. The van der Waals surface area contributed by atoms with Crippen LogP contribution in [0.3, 0.4) is 0 Å². The van der Waals surface area contributed by atoms with E-state index < -0.39 is 0 Å². The minimum absolute atomic E-state index is 0.595. The van der Waals surface area contributed by atoms with Crippen molar-refractivity contribution in [2.45, 2.75) is 55.4 Å². The van der Waals surface area contributed by atoms with Crippen LogP contribution in [0.25, 0.3) is 0 Å². The summed E-state index contributed by atoms with van der Waals surface area (Å²) in [5.74, 6) is 0. The zero-order valence-corrected chi connectivity index (χ0v) is 14.7. The molecule has 0 heterocycles. The Balaban J connectivity index is -0.000000375. The zero-order valence-electron chi connectivity index (χ0n) is 13.9. The van der Waals surface area contributed by atoms with E-state index in [-0.39, 0.29) is 0 Å². The molecule has 1 rings (SSSR count). The summed E-state index contributed by atoms with van der Waals surface area (Å²) in [5.41, 5.74) is 2.21. The molecule has 1 N–H and O–H groups in total. The number of aryl methyl sites for hydroxylation is 1. The molecule has 0 atom stereocenters. The molecule has 110 valence electrons. The second-order valence-electron chi connectivity index (χ2n) is 2.78. The predicted octanol–water partition coefficient (Wildman–Crippen LogP) is 6.67. The highest BCUT2D eigenvalue weighted by Gasteiger charge is 1.98. The summed E-state index contributed by atoms with van der Waals surface area (Å²) in [6.07, 6.45) is 1.94. The zero-order chi connectivity index (χ0) is 15.7. The highest BCUT2D eigenvalue weighted by atomic mass is 32.2. The summed E-state index contributed by atoms with van der Waals surface area (Å²) < 4.78 is 0. The Morgan fingerprint density at radius 2 is 1.37 bits per heavy atom. The maximum atomic E-state index is 7.72. The van der Waals surface area contributed by atoms with Crippen LogP contribution in [0.5, 0.6) is 0 Å². The van der Waals surface area contributed by atoms with Gasteiger partial charge in [-0.05, 0) is 19.3 Å². The molecule has 0 radical (unpaired) electrons. The van der Waals surface area contributed by atoms with Crippen molar-refractivity contribution in [3.8, 4) is 0 Å². The van der Waals surface area contributed by atoms with Gasteiger partial charge in [-0.25, -0.2) is 0 Å². The Kier molecular flexibility index (Phi) is 23.5. The molecule has 0 aromatic heterocycles. The van der Waals surface area contributed by atoms with Crippen molar-refractivity contribution >= 4 is 16.8 Å². The SMILES string of the molecule is C/C=C\SC(=N)c1ccc(C)cc1.CC.CC.CC. The Bertz CT molecular complexity index is 313. The number of allylic oxidation sites excluding steroid dienone is 1. The molecule has 0 saturated heterocycles. The fraction of sp³-hybridized carbons (Fsp3) is 0.471. The normalized spacial score (nSPS) is 8.21. The van der Waals surface area contributed by atoms with Crippen LogP contribution in [-0.4, -0.2) is 5.04 Å². The molecule has 0 aliphatic heterocycles. The van der Waals surface area contributed by atoms with Gasteiger partial charge in [-0.3, -0.25) is 5.41 Å². The molecule has 0 saturated carbocycles. The smallest absolute Gasteiger partial charge is 0.0984 e. The summed E-state index contributed by atoms with van der Waals surface area (Å²) in [5, 5.41) is 10.2. The first kappa shape index (κ1) is 23.1. The van der Waals surface area contributed by atoms with Crippen molar-refractivity contribution in [2.24, 2.45) is 0 Å². The number of hydrogen-bond donors (Lipinski definition) is 1. The monoisotopic (exact) mass is 281 g/mol. The average Bonchev–Trinajstić information content (AvgIpc) is 2.51. The third kappa shape index (κ3) is 13.2. The minimum atomic E-state index is 0.595. The van der Waals surface area contributed by atoms with Gasteiger partial charge in [-0.2, -0.15) is 0 Å². The number of rotatable bonds is 2. The summed E-state index contributed by atoms with van der Waals surface area (Å²) >= 11 is 1.44. The molecule has 1 aromatic rings. The summed E-state index contributed by atoms with van der Waals surface area (Å²) in [7, 11) is 0. The Morgan fingerprint density at radius 1 is 0.947 bits per heavy atom. The van der Waals surface area contributed by atoms with E-state index in [2.05, 4.69) is 0 Å². The highest BCUT2D eigenvalue weighted by molar-refractivity contribution is 8.16. The maximum absolute atomic E-state index is 7.72. The molecular formula is C17H31NS. The summed E-state index contributed by atoms with van der Waals surface area (Å²) in [4.78, 5) is 0. The van der Waals surface area contributed by atoms with Gasteiger partial charge in [0.15, 0.2) is 0 Å². The van der Waals surface area contributed by atoms with Crippen LogP contribution in [0.1, 0.15) is 59.6 Å². The quantitative estimate of drug-likeness (QED) is 0.475. The number of nitrogens with one attached hydrogen (secondary N) is 1. The first-order chi connectivity index (χ1) is 9.24. The Morgan fingerprint density at radius 3 is 1.74 bits per heavy atom. The summed E-state index contributed by atoms with van der Waals surface area (Å²) in [6, 6.07) is 8.02. The molecule has 0 unspecified atom stereocenters. The molecule has 0 spiro atoms. The second kappa shape index (κ2) is 19.3. The lowest BCUT2D eigenvalue weighted by molar-refractivity contribution is 1.45. The van der Waals surface area contributed by atoms with Crippen LogP contribution in [0.4, 0.5) is 0 Å². The van der Waals surface area contributed by atoms with E-state index in [4.69, 9.17) is 5.41 Å². The highest BCUT2D eigenvalue weighted by Crippen LogP contribution is 2.13. The number of benzene rings is 1. The second-order valence-corrected chi connectivity index (χ2v) is 3.70. The van der Waals surface area contributed by atoms with Crippen molar-refractivity contribution in [1.82, 2.24) is 0 Å². The molecule has 19 heavy (non-hydrogen) atoms. The lowest BCUT2D eigenvalue weighted by Crippen LogP contribution is -1.90. The van der Waals surface area contributed by atoms with E-state index in [0.29, 0.717) is 5.04 Å². The predicted molar refractivity (Wildman–Crippen MR) is 94.5 cm³/mol. The first-order valence-corrected chi connectivity index (χ1v) is 8.05. The lowest BCUT2D eigenvalue weighted by Gasteiger charge is -2.00. The van der Waals surface area contributed by atoms with Gasteiger partial charge in [0.25, 0.3) is 0 Å². The van der Waals surface area contributed by atoms with Crippen molar-refractivity contribution in [2.75, 3.05) is 0 Å². The first-order valence-electron chi connectivity index (χ1n) is 7.17. The van der Waals surface area contributed by atoms with E-state index in [1.165, 1.54) is 17.3 Å². The van der Waals surface area contributed by atoms with E-state index in [1.54, 1.807) is 0 Å². The van der Waals surface area contributed by atoms with Gasteiger partial charge in [0.05, 0.1) is 5.04 Å². The van der Waals surface area contributed by atoms with Gasteiger partial charge in [-0.15, -0.1) is 0 Å². The van der Waals surface area contributed by atoms with Crippen LogP contribution in [0, 0.1) is 12.3 Å². The van der Waals surface area contributed by atoms with Gasteiger partial charge in [0, 0.05) is 5.56 Å². The number of thioether (sulfide) groups is 1. The third-order valence-electron chi connectivity index (χ3n) is 1.64. The molecule has 1 nitrogen and oxygen atoms in total.